The van der Waals surface area contributed by atoms with Crippen molar-refractivity contribution in [3.63, 3.8) is 0 Å². The lowest BCUT2D eigenvalue weighted by atomic mass is 10.2. The zero-order valence-corrected chi connectivity index (χ0v) is 15.7. The quantitative estimate of drug-likeness (QED) is 0.532. The zero-order chi connectivity index (χ0) is 17.6. The molecule has 0 unspecified atom stereocenters. The second-order valence-electron chi connectivity index (χ2n) is 6.29. The van der Waals surface area contributed by atoms with E-state index in [0.29, 0.717) is 6.54 Å². The van der Waals surface area contributed by atoms with E-state index >= 15 is 0 Å². The maximum absolute atomic E-state index is 6.29. The van der Waals surface area contributed by atoms with Crippen molar-refractivity contribution in [2.45, 2.75) is 26.9 Å². The summed E-state index contributed by atoms with van der Waals surface area (Å²) in [6, 6.07) is 16.4. The van der Waals surface area contributed by atoms with Crippen LogP contribution in [-0.2, 0) is 13.1 Å². The molecule has 25 heavy (non-hydrogen) atoms. The average molecular weight is 359 g/mol. The van der Waals surface area contributed by atoms with Crippen LogP contribution in [-0.4, -0.2) is 24.6 Å². The third kappa shape index (κ3) is 4.14. The molecule has 1 aromatic heterocycles. The zero-order valence-electron chi connectivity index (χ0n) is 15.0. The van der Waals surface area contributed by atoms with Crippen molar-refractivity contribution in [1.29, 1.82) is 0 Å². The van der Waals surface area contributed by atoms with E-state index in [0.717, 1.165) is 48.2 Å². The van der Waals surface area contributed by atoms with Crippen LogP contribution in [0.3, 0.4) is 0 Å². The molecule has 0 saturated heterocycles. The van der Waals surface area contributed by atoms with Crippen molar-refractivity contribution in [3.8, 4) is 0 Å². The summed E-state index contributed by atoms with van der Waals surface area (Å²) in [5, 5.41) is 4.33. The Morgan fingerprint density at radius 1 is 1.04 bits per heavy atom. The second kappa shape index (κ2) is 8.37. The third-order valence-corrected chi connectivity index (χ3v) is 5.18. The second-order valence-corrected chi connectivity index (χ2v) is 6.70. The summed E-state index contributed by atoms with van der Waals surface area (Å²) in [6.45, 7) is 9.59. The fourth-order valence-corrected chi connectivity index (χ4v) is 3.40. The minimum Gasteiger partial charge on any atom is -0.333 e. The molecule has 1 heterocycles. The summed E-state index contributed by atoms with van der Waals surface area (Å²) in [5.41, 5.74) is 3.48. The number of aromatic amines is 1. The smallest absolute Gasteiger partial charge is 0.333 e. The standard InChI is InChI=1S/C20H25ClN4/c1-3-24(4-2)13-14-25-19-12-8-7-11-18(19)23-20(25)22-15-16-9-5-6-10-17(16)21/h5-12H,3-4,13-15H2,1-2H3,(H,22,23)/p+2. The van der Waals surface area contributed by atoms with E-state index in [4.69, 9.17) is 11.6 Å². The molecule has 5 heteroatoms. The molecule has 0 amide bonds. The van der Waals surface area contributed by atoms with E-state index < -0.39 is 0 Å². The molecular formula is C20H27ClN4+2. The molecule has 3 N–H and O–H groups in total. The van der Waals surface area contributed by atoms with Crippen molar-refractivity contribution in [1.82, 2.24) is 4.98 Å². The number of hydrogen-bond acceptors (Lipinski definition) is 1. The molecule has 0 aliphatic carbocycles. The minimum atomic E-state index is 0.699. The van der Waals surface area contributed by atoms with Gasteiger partial charge in [0, 0.05) is 10.6 Å². The number of anilines is 1. The monoisotopic (exact) mass is 358 g/mol. The normalized spacial score (nSPS) is 11.4. The average Bonchev–Trinajstić information content (AvgIpc) is 2.99. The van der Waals surface area contributed by atoms with E-state index in [-0.39, 0.29) is 0 Å². The molecule has 0 radical (unpaired) electrons. The van der Waals surface area contributed by atoms with Crippen LogP contribution < -0.4 is 14.8 Å². The highest BCUT2D eigenvalue weighted by atomic mass is 35.5. The number of nitrogens with zero attached hydrogens (tertiary/aromatic N) is 1. The number of benzene rings is 2. The highest BCUT2D eigenvalue weighted by Gasteiger charge is 2.18. The number of rotatable bonds is 8. The Kier molecular flexibility index (Phi) is 5.95. The van der Waals surface area contributed by atoms with Crippen LogP contribution in [0.1, 0.15) is 19.4 Å². The first-order valence-corrected chi connectivity index (χ1v) is 9.42. The van der Waals surface area contributed by atoms with Crippen LogP contribution in [0.5, 0.6) is 0 Å². The van der Waals surface area contributed by atoms with Crippen LogP contribution in [0.4, 0.5) is 5.95 Å². The van der Waals surface area contributed by atoms with Gasteiger partial charge >= 0.3 is 5.95 Å². The summed E-state index contributed by atoms with van der Waals surface area (Å²) < 4.78 is 2.34. The van der Waals surface area contributed by atoms with E-state index in [1.807, 2.05) is 18.2 Å². The molecule has 0 fully saturated rings. The lowest BCUT2D eigenvalue weighted by Gasteiger charge is -2.15. The highest BCUT2D eigenvalue weighted by molar-refractivity contribution is 6.31. The van der Waals surface area contributed by atoms with Gasteiger partial charge in [-0.2, -0.15) is 0 Å². The predicted octanol–water partition coefficient (Wildman–Crippen LogP) is 2.65. The van der Waals surface area contributed by atoms with Gasteiger partial charge in [0.2, 0.25) is 0 Å². The molecule has 0 atom stereocenters. The summed E-state index contributed by atoms with van der Waals surface area (Å²) in [7, 11) is 0. The van der Waals surface area contributed by atoms with Crippen LogP contribution in [0.2, 0.25) is 5.02 Å². The van der Waals surface area contributed by atoms with Gasteiger partial charge in [0.1, 0.15) is 24.1 Å². The molecule has 132 valence electrons. The van der Waals surface area contributed by atoms with Crippen molar-refractivity contribution < 1.29 is 9.47 Å². The van der Waals surface area contributed by atoms with Crippen LogP contribution in [0, 0.1) is 0 Å². The Morgan fingerprint density at radius 3 is 2.52 bits per heavy atom. The van der Waals surface area contributed by atoms with Gasteiger partial charge in [0.05, 0.1) is 19.6 Å². The number of hydrogen-bond donors (Lipinski definition) is 3. The van der Waals surface area contributed by atoms with Crippen LogP contribution in [0.25, 0.3) is 11.0 Å². The molecular weight excluding hydrogens is 332 g/mol. The molecule has 0 aliphatic heterocycles. The first-order chi connectivity index (χ1) is 12.2. The van der Waals surface area contributed by atoms with Crippen molar-refractivity contribution in [3.05, 3.63) is 59.1 Å². The lowest BCUT2D eigenvalue weighted by molar-refractivity contribution is -0.913. The van der Waals surface area contributed by atoms with Gasteiger partial charge in [0.15, 0.2) is 0 Å². The van der Waals surface area contributed by atoms with Crippen molar-refractivity contribution in [2.75, 3.05) is 25.0 Å². The van der Waals surface area contributed by atoms with E-state index in [1.54, 1.807) is 4.90 Å². The molecule has 0 spiro atoms. The van der Waals surface area contributed by atoms with Gasteiger partial charge in [-0.3, -0.25) is 5.32 Å². The third-order valence-electron chi connectivity index (χ3n) is 4.81. The summed E-state index contributed by atoms with van der Waals surface area (Å²) >= 11 is 6.29. The largest absolute Gasteiger partial charge is 0.356 e. The number of halogens is 1. The fraction of sp³-hybridized carbons (Fsp3) is 0.350. The minimum absolute atomic E-state index is 0.699. The molecule has 0 saturated carbocycles. The van der Waals surface area contributed by atoms with Gasteiger partial charge < -0.3 is 4.90 Å². The Morgan fingerprint density at radius 2 is 1.76 bits per heavy atom. The molecule has 0 bridgehead atoms. The Hall–Kier alpha value is -2.04. The first-order valence-electron chi connectivity index (χ1n) is 9.04. The van der Waals surface area contributed by atoms with Crippen molar-refractivity contribution >= 4 is 28.6 Å². The van der Waals surface area contributed by atoms with Crippen molar-refractivity contribution in [2.24, 2.45) is 0 Å². The van der Waals surface area contributed by atoms with Gasteiger partial charge in [-0.1, -0.05) is 41.9 Å². The number of imidazole rings is 1. The fourth-order valence-electron chi connectivity index (χ4n) is 3.20. The van der Waals surface area contributed by atoms with Gasteiger partial charge in [-0.05, 0) is 32.0 Å². The van der Waals surface area contributed by atoms with Crippen LogP contribution in [0.15, 0.2) is 48.5 Å². The maximum atomic E-state index is 6.29. The van der Waals surface area contributed by atoms with Crippen LogP contribution >= 0.6 is 11.6 Å². The van der Waals surface area contributed by atoms with E-state index in [1.165, 1.54) is 5.52 Å². The molecule has 3 aromatic rings. The highest BCUT2D eigenvalue weighted by Crippen LogP contribution is 2.17. The van der Waals surface area contributed by atoms with Gasteiger partial charge in [-0.25, -0.2) is 9.55 Å². The SMILES string of the molecule is CC[NH+](CC)CC[n+]1c(NCc2ccccc2Cl)[nH]c2ccccc21. The van der Waals surface area contributed by atoms with E-state index in [9.17, 15) is 0 Å². The molecule has 2 aromatic carbocycles. The molecule has 4 nitrogen and oxygen atoms in total. The predicted molar refractivity (Wildman–Crippen MR) is 104 cm³/mol. The van der Waals surface area contributed by atoms with E-state index in [2.05, 4.69) is 59.0 Å². The number of fused-ring (bicyclic) bond motifs is 1. The summed E-state index contributed by atoms with van der Waals surface area (Å²) in [6.07, 6.45) is 0. The number of likely N-dealkylation sites (N-methyl/N-ethyl adjacent to an activating group) is 1. The number of H-pyrrole nitrogens is 1. The topological polar surface area (TPSA) is 36.1 Å². The lowest BCUT2D eigenvalue weighted by Crippen LogP contribution is -3.12. The summed E-state index contributed by atoms with van der Waals surface area (Å²) in [4.78, 5) is 5.12. The number of nitrogens with one attached hydrogen (secondary N) is 3. The Balaban J connectivity index is 1.83. The first kappa shape index (κ1) is 17.8. The molecule has 3 rings (SSSR count). The Labute approximate surface area is 154 Å². The number of para-hydroxylation sites is 2. The summed E-state index contributed by atoms with van der Waals surface area (Å²) in [5.74, 6) is 1.03. The van der Waals surface area contributed by atoms with Gasteiger partial charge in [0.25, 0.3) is 0 Å². The van der Waals surface area contributed by atoms with Gasteiger partial charge in [-0.15, -0.1) is 0 Å². The number of aromatic nitrogens is 2. The molecule has 0 aliphatic rings. The maximum Gasteiger partial charge on any atom is 0.356 e. The Bertz CT molecular complexity index is 823. The number of quaternary nitrogens is 1.